The second kappa shape index (κ2) is 8.21. The van der Waals surface area contributed by atoms with E-state index in [-0.39, 0.29) is 0 Å². The number of hydrogen-bond donors (Lipinski definition) is 3. The lowest BCUT2D eigenvalue weighted by atomic mass is 10.2. The Morgan fingerprint density at radius 2 is 2.00 bits per heavy atom. The van der Waals surface area contributed by atoms with Gasteiger partial charge in [-0.25, -0.2) is 4.98 Å². The van der Waals surface area contributed by atoms with Crippen molar-refractivity contribution in [1.29, 1.82) is 0 Å². The smallest absolute Gasteiger partial charge is 0.146 e. The molecular formula is C16H23N5. The molecule has 2 aromatic heterocycles. The van der Waals surface area contributed by atoms with E-state index >= 15 is 0 Å². The summed E-state index contributed by atoms with van der Waals surface area (Å²) in [6.45, 7) is 4.84. The first-order chi connectivity index (χ1) is 10.3. The Morgan fingerprint density at radius 1 is 1.10 bits per heavy atom. The lowest BCUT2D eigenvalue weighted by molar-refractivity contribution is 0.659. The Hall–Kier alpha value is -2.14. The lowest BCUT2D eigenvalue weighted by Gasteiger charge is -2.09. The first kappa shape index (κ1) is 15.3. The molecule has 0 saturated heterocycles. The van der Waals surface area contributed by atoms with Crippen molar-refractivity contribution in [3.8, 4) is 0 Å². The van der Waals surface area contributed by atoms with Gasteiger partial charge in [0.15, 0.2) is 0 Å². The molecule has 21 heavy (non-hydrogen) atoms. The molecule has 5 nitrogen and oxygen atoms in total. The summed E-state index contributed by atoms with van der Waals surface area (Å²) in [4.78, 5) is 8.33. The standard InChI is InChI=1S/C16H23N5/c1-13-5-6-14(12-21-13)7-11-18-8-3-10-19-15-4-2-9-20-16(15)17/h2,4-6,9,12,18-19H,3,7-8,10-11H2,1H3,(H2,17,20). The lowest BCUT2D eigenvalue weighted by Crippen LogP contribution is -2.21. The average molecular weight is 285 g/mol. The number of nitrogens with zero attached hydrogens (tertiary/aromatic N) is 2. The molecule has 4 N–H and O–H groups in total. The third kappa shape index (κ3) is 5.39. The molecule has 0 atom stereocenters. The minimum absolute atomic E-state index is 0.553. The van der Waals surface area contributed by atoms with Crippen molar-refractivity contribution in [3.05, 3.63) is 47.9 Å². The summed E-state index contributed by atoms with van der Waals surface area (Å²) >= 11 is 0. The highest BCUT2D eigenvalue weighted by Gasteiger charge is 1.97. The molecule has 0 aliphatic heterocycles. The number of hydrogen-bond acceptors (Lipinski definition) is 5. The number of aromatic nitrogens is 2. The fraction of sp³-hybridized carbons (Fsp3) is 0.375. The molecule has 0 amide bonds. The largest absolute Gasteiger partial charge is 0.382 e. The van der Waals surface area contributed by atoms with Crippen LogP contribution in [0.4, 0.5) is 11.5 Å². The third-order valence-electron chi connectivity index (χ3n) is 3.25. The van der Waals surface area contributed by atoms with Gasteiger partial charge in [-0.15, -0.1) is 0 Å². The van der Waals surface area contributed by atoms with Gasteiger partial charge in [-0.2, -0.15) is 0 Å². The second-order valence-corrected chi connectivity index (χ2v) is 5.02. The van der Waals surface area contributed by atoms with Crippen molar-refractivity contribution in [1.82, 2.24) is 15.3 Å². The van der Waals surface area contributed by atoms with E-state index in [1.165, 1.54) is 5.56 Å². The van der Waals surface area contributed by atoms with Gasteiger partial charge in [-0.05, 0) is 56.6 Å². The van der Waals surface area contributed by atoms with Gasteiger partial charge in [0.1, 0.15) is 5.82 Å². The first-order valence-corrected chi connectivity index (χ1v) is 7.32. The highest BCUT2D eigenvalue weighted by molar-refractivity contribution is 5.60. The maximum absolute atomic E-state index is 5.76. The number of nitrogen functional groups attached to an aromatic ring is 1. The third-order valence-corrected chi connectivity index (χ3v) is 3.25. The second-order valence-electron chi connectivity index (χ2n) is 5.02. The maximum Gasteiger partial charge on any atom is 0.146 e. The van der Waals surface area contributed by atoms with Gasteiger partial charge in [-0.3, -0.25) is 4.98 Å². The van der Waals surface area contributed by atoms with Crippen LogP contribution in [-0.2, 0) is 6.42 Å². The van der Waals surface area contributed by atoms with Gasteiger partial charge >= 0.3 is 0 Å². The van der Waals surface area contributed by atoms with Crippen LogP contribution in [0.25, 0.3) is 0 Å². The van der Waals surface area contributed by atoms with Crippen LogP contribution in [0.1, 0.15) is 17.7 Å². The minimum atomic E-state index is 0.553. The first-order valence-electron chi connectivity index (χ1n) is 7.32. The van der Waals surface area contributed by atoms with Gasteiger partial charge < -0.3 is 16.4 Å². The minimum Gasteiger partial charge on any atom is -0.382 e. The number of nitrogens with two attached hydrogens (primary N) is 1. The van der Waals surface area contributed by atoms with E-state index in [1.807, 2.05) is 25.3 Å². The number of nitrogens with one attached hydrogen (secondary N) is 2. The molecule has 0 aliphatic carbocycles. The van der Waals surface area contributed by atoms with Crippen LogP contribution < -0.4 is 16.4 Å². The molecule has 0 bridgehead atoms. The summed E-state index contributed by atoms with van der Waals surface area (Å²) in [5.41, 5.74) is 9.00. The van der Waals surface area contributed by atoms with Crippen molar-refractivity contribution in [2.75, 3.05) is 30.7 Å². The predicted molar refractivity (Wildman–Crippen MR) is 87.3 cm³/mol. The zero-order chi connectivity index (χ0) is 14.9. The molecule has 2 rings (SSSR count). The highest BCUT2D eigenvalue weighted by atomic mass is 15.0. The molecule has 0 unspecified atom stereocenters. The van der Waals surface area contributed by atoms with Gasteiger partial charge in [0.2, 0.25) is 0 Å². The van der Waals surface area contributed by atoms with Crippen LogP contribution in [0.5, 0.6) is 0 Å². The van der Waals surface area contributed by atoms with Gasteiger partial charge in [0, 0.05) is 24.6 Å². The normalized spacial score (nSPS) is 10.5. The van der Waals surface area contributed by atoms with Crippen LogP contribution in [0.15, 0.2) is 36.7 Å². The summed E-state index contributed by atoms with van der Waals surface area (Å²) in [6.07, 6.45) is 5.70. The van der Waals surface area contributed by atoms with Crippen LogP contribution in [0, 0.1) is 6.92 Å². The summed E-state index contributed by atoms with van der Waals surface area (Å²) < 4.78 is 0. The van der Waals surface area contributed by atoms with Crippen LogP contribution >= 0.6 is 0 Å². The van der Waals surface area contributed by atoms with E-state index in [9.17, 15) is 0 Å². The van der Waals surface area contributed by atoms with Gasteiger partial charge in [-0.1, -0.05) is 6.07 Å². The SMILES string of the molecule is Cc1ccc(CCNCCCNc2cccnc2N)cn1. The molecule has 112 valence electrons. The zero-order valence-corrected chi connectivity index (χ0v) is 12.5. The van der Waals surface area contributed by atoms with Crippen molar-refractivity contribution in [3.63, 3.8) is 0 Å². The summed E-state index contributed by atoms with van der Waals surface area (Å²) in [5.74, 6) is 0.553. The Balaban J connectivity index is 1.54. The molecule has 0 saturated carbocycles. The van der Waals surface area contributed by atoms with E-state index < -0.39 is 0 Å². The Labute approximate surface area is 126 Å². The van der Waals surface area contributed by atoms with Gasteiger partial charge in [0.05, 0.1) is 5.69 Å². The zero-order valence-electron chi connectivity index (χ0n) is 12.5. The number of aryl methyl sites for hydroxylation is 1. The van der Waals surface area contributed by atoms with Crippen LogP contribution in [0.3, 0.4) is 0 Å². The highest BCUT2D eigenvalue weighted by Crippen LogP contribution is 2.12. The molecule has 0 aromatic carbocycles. The molecule has 2 aromatic rings. The molecular weight excluding hydrogens is 262 g/mol. The van der Waals surface area contributed by atoms with E-state index in [1.54, 1.807) is 6.20 Å². The van der Waals surface area contributed by atoms with Gasteiger partial charge in [0.25, 0.3) is 0 Å². The molecule has 0 radical (unpaired) electrons. The van der Waals surface area contributed by atoms with Crippen LogP contribution in [-0.4, -0.2) is 29.6 Å². The molecule has 0 aliphatic rings. The average Bonchev–Trinajstić information content (AvgIpc) is 2.50. The van der Waals surface area contributed by atoms with E-state index in [4.69, 9.17) is 5.73 Å². The fourth-order valence-corrected chi connectivity index (χ4v) is 2.01. The fourth-order valence-electron chi connectivity index (χ4n) is 2.01. The number of rotatable bonds is 8. The Morgan fingerprint density at radius 3 is 2.76 bits per heavy atom. The van der Waals surface area contributed by atoms with E-state index in [0.29, 0.717) is 5.82 Å². The van der Waals surface area contributed by atoms with Crippen LogP contribution in [0.2, 0.25) is 0 Å². The van der Waals surface area contributed by atoms with E-state index in [2.05, 4.69) is 32.7 Å². The summed E-state index contributed by atoms with van der Waals surface area (Å²) in [7, 11) is 0. The van der Waals surface area contributed by atoms with E-state index in [0.717, 1.165) is 43.9 Å². The maximum atomic E-state index is 5.76. The van der Waals surface area contributed by atoms with Crippen molar-refractivity contribution in [2.24, 2.45) is 0 Å². The molecule has 0 fully saturated rings. The number of pyridine rings is 2. The van der Waals surface area contributed by atoms with Crippen molar-refractivity contribution < 1.29 is 0 Å². The van der Waals surface area contributed by atoms with Crippen molar-refractivity contribution >= 4 is 11.5 Å². The summed E-state index contributed by atoms with van der Waals surface area (Å²) in [6, 6.07) is 8.01. The topological polar surface area (TPSA) is 75.9 Å². The number of anilines is 2. The predicted octanol–water partition coefficient (Wildman–Crippen LogP) is 2.00. The summed E-state index contributed by atoms with van der Waals surface area (Å²) in [5, 5.41) is 6.72. The monoisotopic (exact) mass is 285 g/mol. The quantitative estimate of drug-likeness (QED) is 0.647. The molecule has 5 heteroatoms. The Bertz CT molecular complexity index is 539. The Kier molecular flexibility index (Phi) is 5.97. The molecule has 0 spiro atoms. The van der Waals surface area contributed by atoms with Crippen molar-refractivity contribution in [2.45, 2.75) is 19.8 Å². The molecule has 2 heterocycles.